The van der Waals surface area contributed by atoms with Crippen molar-refractivity contribution in [2.75, 3.05) is 36.5 Å². The molecule has 3 fully saturated rings. The molecule has 6 heterocycles. The first-order valence-electron chi connectivity index (χ1n) is 11.1. The largest absolute Gasteiger partial charge is 0.380 e. The van der Waals surface area contributed by atoms with Gasteiger partial charge in [0.25, 0.3) is 0 Å². The summed E-state index contributed by atoms with van der Waals surface area (Å²) in [5.74, 6) is 2.28. The second kappa shape index (κ2) is 8.39. The molecule has 0 spiro atoms. The van der Waals surface area contributed by atoms with E-state index in [4.69, 9.17) is 19.8 Å². The van der Waals surface area contributed by atoms with Gasteiger partial charge >= 0.3 is 0 Å². The fraction of sp³-hybridized carbons (Fsp3) is 0.545. The van der Waals surface area contributed by atoms with E-state index in [1.165, 1.54) is 12.8 Å². The SMILES string of the molecule is CCOCCn1nc(C)c2nc(N3CC4CCC3CN4)nc(Nc3cc(C)ccn3)c21. The number of ether oxygens (including phenoxy) is 1. The van der Waals surface area contributed by atoms with Crippen molar-refractivity contribution in [1.82, 2.24) is 30.0 Å². The molecule has 3 saturated heterocycles. The fourth-order valence-electron chi connectivity index (χ4n) is 4.57. The lowest BCUT2D eigenvalue weighted by Crippen LogP contribution is -2.61. The Morgan fingerprint density at radius 2 is 2.16 bits per heavy atom. The Labute approximate surface area is 182 Å². The van der Waals surface area contributed by atoms with Crippen LogP contribution in [0.4, 0.5) is 17.6 Å². The molecule has 3 aromatic rings. The minimum absolute atomic E-state index is 0.431. The number of nitrogens with zero attached hydrogens (tertiary/aromatic N) is 6. The van der Waals surface area contributed by atoms with Crippen LogP contribution in [-0.4, -0.2) is 63.1 Å². The predicted molar refractivity (Wildman–Crippen MR) is 121 cm³/mol. The molecule has 2 bridgehead atoms. The zero-order valence-electron chi connectivity index (χ0n) is 18.4. The molecule has 0 saturated carbocycles. The predicted octanol–water partition coefficient (Wildman–Crippen LogP) is 2.56. The number of pyridine rings is 1. The Kier molecular flexibility index (Phi) is 5.45. The van der Waals surface area contributed by atoms with Crippen molar-refractivity contribution in [3.8, 4) is 0 Å². The number of piperazine rings is 1. The third kappa shape index (κ3) is 3.95. The van der Waals surface area contributed by atoms with Crippen molar-refractivity contribution >= 4 is 28.6 Å². The van der Waals surface area contributed by atoms with Crippen LogP contribution in [0.3, 0.4) is 0 Å². The Morgan fingerprint density at radius 3 is 2.87 bits per heavy atom. The Morgan fingerprint density at radius 1 is 1.26 bits per heavy atom. The van der Waals surface area contributed by atoms with Gasteiger partial charge in [-0.15, -0.1) is 0 Å². The summed E-state index contributed by atoms with van der Waals surface area (Å²) in [6.45, 7) is 9.92. The average Bonchev–Trinajstić information content (AvgIpc) is 3.10. The van der Waals surface area contributed by atoms with E-state index in [1.54, 1.807) is 0 Å². The van der Waals surface area contributed by atoms with Crippen LogP contribution in [0, 0.1) is 13.8 Å². The van der Waals surface area contributed by atoms with E-state index in [0.717, 1.165) is 53.0 Å². The number of fused-ring (bicyclic) bond motifs is 4. The number of aromatic nitrogens is 5. The van der Waals surface area contributed by atoms with Gasteiger partial charge in [0.05, 0.1) is 18.8 Å². The molecule has 164 valence electrons. The summed E-state index contributed by atoms with van der Waals surface area (Å²) in [4.78, 5) is 16.8. The van der Waals surface area contributed by atoms with E-state index in [2.05, 4.69) is 27.4 Å². The minimum Gasteiger partial charge on any atom is -0.380 e. The van der Waals surface area contributed by atoms with Gasteiger partial charge in [0, 0.05) is 38.0 Å². The molecule has 0 amide bonds. The quantitative estimate of drug-likeness (QED) is 0.561. The summed E-state index contributed by atoms with van der Waals surface area (Å²) in [6, 6.07) is 4.95. The molecule has 0 aliphatic carbocycles. The number of hydrogen-bond acceptors (Lipinski definition) is 8. The van der Waals surface area contributed by atoms with Crippen molar-refractivity contribution in [1.29, 1.82) is 0 Å². The van der Waals surface area contributed by atoms with Crippen LogP contribution in [0.15, 0.2) is 18.3 Å². The first kappa shape index (κ1) is 20.1. The topological polar surface area (TPSA) is 93.0 Å². The van der Waals surface area contributed by atoms with Gasteiger partial charge in [-0.1, -0.05) is 0 Å². The molecular formula is C22H30N8O. The van der Waals surface area contributed by atoms with Gasteiger partial charge in [-0.05, 0) is 51.3 Å². The highest BCUT2D eigenvalue weighted by Crippen LogP contribution is 2.32. The van der Waals surface area contributed by atoms with Gasteiger partial charge in [-0.25, -0.2) is 9.97 Å². The fourth-order valence-corrected chi connectivity index (χ4v) is 4.57. The molecule has 2 atom stereocenters. The van der Waals surface area contributed by atoms with Crippen molar-refractivity contribution in [2.45, 2.75) is 52.2 Å². The highest BCUT2D eigenvalue weighted by atomic mass is 16.5. The lowest BCUT2D eigenvalue weighted by atomic mass is 9.93. The normalized spacial score (nSPS) is 20.5. The molecule has 0 aromatic carbocycles. The van der Waals surface area contributed by atoms with Crippen LogP contribution in [-0.2, 0) is 11.3 Å². The minimum atomic E-state index is 0.431. The third-order valence-electron chi connectivity index (χ3n) is 6.16. The summed E-state index contributed by atoms with van der Waals surface area (Å²) >= 11 is 0. The Hall–Kier alpha value is -2.78. The van der Waals surface area contributed by atoms with Crippen LogP contribution >= 0.6 is 0 Å². The summed E-state index contributed by atoms with van der Waals surface area (Å²) in [6.07, 6.45) is 4.20. The molecule has 9 heteroatoms. The van der Waals surface area contributed by atoms with Gasteiger partial charge in [0.1, 0.15) is 16.9 Å². The van der Waals surface area contributed by atoms with E-state index in [0.29, 0.717) is 31.8 Å². The molecule has 31 heavy (non-hydrogen) atoms. The summed E-state index contributed by atoms with van der Waals surface area (Å²) in [5, 5.41) is 11.8. The van der Waals surface area contributed by atoms with Crippen molar-refractivity contribution in [3.63, 3.8) is 0 Å². The van der Waals surface area contributed by atoms with Crippen molar-refractivity contribution < 1.29 is 4.74 Å². The van der Waals surface area contributed by atoms with Crippen LogP contribution in [0.5, 0.6) is 0 Å². The zero-order valence-corrected chi connectivity index (χ0v) is 18.4. The molecule has 0 radical (unpaired) electrons. The van der Waals surface area contributed by atoms with Gasteiger partial charge in [-0.3, -0.25) is 4.68 Å². The highest BCUT2D eigenvalue weighted by molar-refractivity contribution is 5.90. The number of anilines is 3. The monoisotopic (exact) mass is 422 g/mol. The molecule has 3 aromatic heterocycles. The van der Waals surface area contributed by atoms with Crippen molar-refractivity contribution in [2.24, 2.45) is 0 Å². The first-order valence-corrected chi connectivity index (χ1v) is 11.1. The third-order valence-corrected chi connectivity index (χ3v) is 6.16. The maximum atomic E-state index is 5.57. The first-order chi connectivity index (χ1) is 15.1. The van der Waals surface area contributed by atoms with E-state index in [1.807, 2.05) is 36.9 Å². The lowest BCUT2D eigenvalue weighted by molar-refractivity contribution is 0.137. The number of nitrogens with one attached hydrogen (secondary N) is 2. The second-order valence-electron chi connectivity index (χ2n) is 8.41. The van der Waals surface area contributed by atoms with Crippen molar-refractivity contribution in [3.05, 3.63) is 29.6 Å². The van der Waals surface area contributed by atoms with Gasteiger partial charge < -0.3 is 20.3 Å². The smallest absolute Gasteiger partial charge is 0.228 e. The summed E-state index contributed by atoms with van der Waals surface area (Å²) in [5.41, 5.74) is 3.81. The standard InChI is InChI=1S/C22H30N8O/c1-4-31-10-9-30-20-19(15(3)28-30)26-22(29-13-16-5-6-17(29)12-24-16)27-21(20)25-18-11-14(2)7-8-23-18/h7-8,11,16-17,24H,4-6,9-10,12-13H2,1-3H3,(H,23,25,26,27). The lowest BCUT2D eigenvalue weighted by Gasteiger charge is -2.45. The molecule has 2 N–H and O–H groups in total. The molecule has 9 nitrogen and oxygen atoms in total. The molecule has 2 unspecified atom stereocenters. The maximum Gasteiger partial charge on any atom is 0.228 e. The van der Waals surface area contributed by atoms with Crippen LogP contribution < -0.4 is 15.5 Å². The van der Waals surface area contributed by atoms with E-state index in [-0.39, 0.29) is 0 Å². The highest BCUT2D eigenvalue weighted by Gasteiger charge is 2.35. The molecular weight excluding hydrogens is 392 g/mol. The Balaban J connectivity index is 1.59. The van der Waals surface area contributed by atoms with E-state index >= 15 is 0 Å². The van der Waals surface area contributed by atoms with E-state index < -0.39 is 0 Å². The molecule has 3 aliphatic heterocycles. The van der Waals surface area contributed by atoms with Crippen LogP contribution in [0.1, 0.15) is 31.0 Å². The van der Waals surface area contributed by atoms with Gasteiger partial charge in [-0.2, -0.15) is 10.1 Å². The summed E-state index contributed by atoms with van der Waals surface area (Å²) < 4.78 is 7.52. The van der Waals surface area contributed by atoms with Crippen LogP contribution in [0.25, 0.3) is 11.0 Å². The van der Waals surface area contributed by atoms with E-state index in [9.17, 15) is 0 Å². The number of piperidine rings is 2. The summed E-state index contributed by atoms with van der Waals surface area (Å²) in [7, 11) is 0. The maximum absolute atomic E-state index is 5.57. The van der Waals surface area contributed by atoms with Crippen LogP contribution in [0.2, 0.25) is 0 Å². The molecule has 6 rings (SSSR count). The number of rotatable bonds is 7. The number of hydrogen-bond donors (Lipinski definition) is 2. The molecule has 3 aliphatic rings. The Bertz CT molecular complexity index is 1070. The zero-order chi connectivity index (χ0) is 21.4. The van der Waals surface area contributed by atoms with Gasteiger partial charge in [0.15, 0.2) is 5.82 Å². The second-order valence-corrected chi connectivity index (χ2v) is 8.41. The average molecular weight is 423 g/mol. The number of aryl methyl sites for hydroxylation is 2. The van der Waals surface area contributed by atoms with Gasteiger partial charge in [0.2, 0.25) is 5.95 Å².